The molecular formula is C9H9ClNO. The predicted octanol–water partition coefficient (Wildman–Crippen LogP) is 1.80. The molecule has 0 saturated heterocycles. The second kappa shape index (κ2) is 4.78. The molecule has 0 fully saturated rings. The number of hydrogen-bond acceptors (Lipinski definition) is 2. The molecule has 1 rings (SSSR count). The van der Waals surface area contributed by atoms with E-state index in [9.17, 15) is 4.79 Å². The molecule has 0 aliphatic carbocycles. The minimum Gasteiger partial charge on any atom is -0.383 e. The molecule has 1 N–H and O–H groups in total. The predicted molar refractivity (Wildman–Crippen MR) is 50.4 cm³/mol. The molecule has 0 heterocycles. The minimum absolute atomic E-state index is 0.521. The summed E-state index contributed by atoms with van der Waals surface area (Å²) in [6, 6.07) is 7.19. The van der Waals surface area contributed by atoms with Gasteiger partial charge in [-0.2, -0.15) is 0 Å². The van der Waals surface area contributed by atoms with Gasteiger partial charge in [-0.1, -0.05) is 12.1 Å². The van der Waals surface area contributed by atoms with Gasteiger partial charge >= 0.3 is 0 Å². The van der Waals surface area contributed by atoms with Crippen molar-refractivity contribution in [3.05, 3.63) is 29.8 Å². The lowest BCUT2D eigenvalue weighted by molar-refractivity contribution is 0.563. The fraction of sp³-hybridized carbons (Fsp3) is 0.222. The van der Waals surface area contributed by atoms with Crippen molar-refractivity contribution < 1.29 is 4.79 Å². The molecule has 1 radical (unpaired) electrons. The van der Waals surface area contributed by atoms with Gasteiger partial charge in [0.25, 0.3) is 0 Å². The molecule has 0 aliphatic rings. The molecule has 3 heteroatoms. The van der Waals surface area contributed by atoms with Gasteiger partial charge < -0.3 is 5.32 Å². The van der Waals surface area contributed by atoms with E-state index in [2.05, 4.69) is 5.32 Å². The normalized spacial score (nSPS) is 9.42. The zero-order valence-corrected chi connectivity index (χ0v) is 7.27. The number of anilines is 1. The van der Waals surface area contributed by atoms with E-state index >= 15 is 0 Å². The maximum Gasteiger partial charge on any atom is 0.235 e. The number of hydrogen-bond donors (Lipinski definition) is 1. The molecule has 63 valence electrons. The van der Waals surface area contributed by atoms with Crippen molar-refractivity contribution in [3.63, 3.8) is 0 Å². The number of rotatable bonds is 4. The summed E-state index contributed by atoms with van der Waals surface area (Å²) in [6.45, 7) is 0.653. The second-order valence-electron chi connectivity index (χ2n) is 2.26. The largest absolute Gasteiger partial charge is 0.383 e. The first-order chi connectivity index (χ1) is 5.88. The quantitative estimate of drug-likeness (QED) is 0.720. The van der Waals surface area contributed by atoms with E-state index < -0.39 is 0 Å². The first-order valence-electron chi connectivity index (χ1n) is 3.65. The number of benzene rings is 1. The van der Waals surface area contributed by atoms with Crippen LogP contribution >= 0.6 is 11.6 Å². The topological polar surface area (TPSA) is 29.1 Å². The zero-order valence-electron chi connectivity index (χ0n) is 6.51. The molecule has 0 bridgehead atoms. The number of carbonyl (C=O) groups excluding carboxylic acids is 1. The van der Waals surface area contributed by atoms with Gasteiger partial charge in [0.2, 0.25) is 6.29 Å². The van der Waals surface area contributed by atoms with Crippen LogP contribution in [0.1, 0.15) is 5.56 Å². The lowest BCUT2D eigenvalue weighted by Gasteiger charge is -2.04. The lowest BCUT2D eigenvalue weighted by Crippen LogP contribution is -2.04. The van der Waals surface area contributed by atoms with Crippen LogP contribution in [0.25, 0.3) is 0 Å². The van der Waals surface area contributed by atoms with Crippen LogP contribution in [0.3, 0.4) is 0 Å². The average Bonchev–Trinajstić information content (AvgIpc) is 2.15. The van der Waals surface area contributed by atoms with Gasteiger partial charge in [0.15, 0.2) is 0 Å². The van der Waals surface area contributed by atoms with E-state index in [1.54, 1.807) is 12.1 Å². The number of nitrogens with one attached hydrogen (secondary N) is 1. The summed E-state index contributed by atoms with van der Waals surface area (Å²) in [5, 5.41) is 3.02. The molecular weight excluding hydrogens is 174 g/mol. The van der Waals surface area contributed by atoms with Crippen LogP contribution in [0, 0.1) is 0 Å². The number of para-hydroxylation sites is 1. The Bertz CT molecular complexity index is 262. The van der Waals surface area contributed by atoms with Gasteiger partial charge in [-0.15, -0.1) is 11.6 Å². The fourth-order valence-corrected chi connectivity index (χ4v) is 1.00. The van der Waals surface area contributed by atoms with Crippen LogP contribution in [0.4, 0.5) is 5.69 Å². The van der Waals surface area contributed by atoms with Crippen LogP contribution < -0.4 is 5.32 Å². The molecule has 1 aromatic carbocycles. The van der Waals surface area contributed by atoms with E-state index in [1.807, 2.05) is 18.4 Å². The van der Waals surface area contributed by atoms with Gasteiger partial charge in [-0.3, -0.25) is 4.79 Å². The summed E-state index contributed by atoms with van der Waals surface area (Å²) in [6.07, 6.45) is 1.85. The molecule has 2 nitrogen and oxygen atoms in total. The summed E-state index contributed by atoms with van der Waals surface area (Å²) in [5.74, 6) is 0.521. The minimum atomic E-state index is 0.521. The third kappa shape index (κ3) is 2.24. The van der Waals surface area contributed by atoms with Crippen molar-refractivity contribution in [2.24, 2.45) is 0 Å². The highest BCUT2D eigenvalue weighted by Gasteiger charge is 1.98. The standard InChI is InChI=1S/C9H9ClNO/c10-5-6-11-9-4-2-1-3-8(9)7-12/h1-4,11H,5-6H2. The molecule has 0 atom stereocenters. The monoisotopic (exact) mass is 182 g/mol. The van der Waals surface area contributed by atoms with E-state index in [0.717, 1.165) is 5.69 Å². The molecule has 0 aromatic heterocycles. The first-order valence-corrected chi connectivity index (χ1v) is 4.19. The summed E-state index contributed by atoms with van der Waals surface area (Å²) >= 11 is 5.49. The zero-order chi connectivity index (χ0) is 8.81. The summed E-state index contributed by atoms with van der Waals surface area (Å²) in [4.78, 5) is 10.4. The Morgan fingerprint density at radius 3 is 2.83 bits per heavy atom. The Kier molecular flexibility index (Phi) is 3.61. The summed E-state index contributed by atoms with van der Waals surface area (Å²) in [5.41, 5.74) is 1.33. The average molecular weight is 183 g/mol. The van der Waals surface area contributed by atoms with E-state index in [4.69, 9.17) is 11.6 Å². The van der Waals surface area contributed by atoms with Crippen LogP contribution in [-0.2, 0) is 4.79 Å². The van der Waals surface area contributed by atoms with Gasteiger partial charge in [0.05, 0.1) is 0 Å². The highest BCUT2D eigenvalue weighted by Crippen LogP contribution is 2.11. The molecule has 0 aliphatic heterocycles. The highest BCUT2D eigenvalue weighted by atomic mass is 35.5. The summed E-state index contributed by atoms with van der Waals surface area (Å²) < 4.78 is 0. The van der Waals surface area contributed by atoms with Crippen LogP contribution in [0.2, 0.25) is 0 Å². The van der Waals surface area contributed by atoms with Crippen molar-refractivity contribution in [1.29, 1.82) is 0 Å². The van der Waals surface area contributed by atoms with Crippen molar-refractivity contribution in [1.82, 2.24) is 0 Å². The van der Waals surface area contributed by atoms with Gasteiger partial charge in [0, 0.05) is 23.7 Å². The van der Waals surface area contributed by atoms with Crippen molar-refractivity contribution in [2.45, 2.75) is 0 Å². The smallest absolute Gasteiger partial charge is 0.235 e. The molecule has 1 aromatic rings. The Morgan fingerprint density at radius 1 is 1.42 bits per heavy atom. The third-order valence-electron chi connectivity index (χ3n) is 1.45. The second-order valence-corrected chi connectivity index (χ2v) is 2.64. The van der Waals surface area contributed by atoms with E-state index in [1.165, 1.54) is 0 Å². The SMILES string of the molecule is O=[C]c1ccccc1NCCCl. The number of alkyl halides is 1. The maximum absolute atomic E-state index is 10.4. The molecule has 12 heavy (non-hydrogen) atoms. The number of halogens is 1. The molecule has 0 amide bonds. The van der Waals surface area contributed by atoms with Crippen molar-refractivity contribution in [3.8, 4) is 0 Å². The van der Waals surface area contributed by atoms with Crippen LogP contribution in [-0.4, -0.2) is 18.7 Å². The van der Waals surface area contributed by atoms with Gasteiger partial charge in [-0.05, 0) is 12.1 Å². The van der Waals surface area contributed by atoms with Crippen molar-refractivity contribution >= 4 is 23.6 Å². The third-order valence-corrected chi connectivity index (χ3v) is 1.64. The first kappa shape index (κ1) is 9.07. The Morgan fingerprint density at radius 2 is 2.17 bits per heavy atom. The van der Waals surface area contributed by atoms with Gasteiger partial charge in [-0.25, -0.2) is 0 Å². The lowest BCUT2D eigenvalue weighted by atomic mass is 10.2. The Hall–Kier alpha value is -1.02. The van der Waals surface area contributed by atoms with Crippen LogP contribution in [0.15, 0.2) is 24.3 Å². The fourth-order valence-electron chi connectivity index (χ4n) is 0.908. The molecule has 0 unspecified atom stereocenters. The summed E-state index contributed by atoms with van der Waals surface area (Å²) in [7, 11) is 0. The van der Waals surface area contributed by atoms with E-state index in [0.29, 0.717) is 18.0 Å². The maximum atomic E-state index is 10.4. The van der Waals surface area contributed by atoms with Crippen molar-refractivity contribution in [2.75, 3.05) is 17.7 Å². The van der Waals surface area contributed by atoms with Gasteiger partial charge in [0.1, 0.15) is 0 Å². The molecule has 0 spiro atoms. The highest BCUT2D eigenvalue weighted by molar-refractivity contribution is 6.18. The van der Waals surface area contributed by atoms with E-state index in [-0.39, 0.29) is 0 Å². The molecule has 0 saturated carbocycles. The Balaban J connectivity index is 2.75. The Labute approximate surface area is 76.5 Å². The van der Waals surface area contributed by atoms with Crippen LogP contribution in [0.5, 0.6) is 0 Å².